The first-order valence-corrected chi connectivity index (χ1v) is 9.93. The number of carbonyl (C=O) groups is 2. The standard InChI is InChI=1S/C20H29N7O2/c1-14(2)23-19(29)16-11-22-20(25(3)4)24-18(16)15-5-9-27(12-15)17(28)6-8-26-10-7-21-13-26/h7,10-11,13-15H,5-6,8-9,12H2,1-4H3,(H,23,29). The third kappa shape index (κ3) is 5.10. The predicted molar refractivity (Wildman–Crippen MR) is 110 cm³/mol. The van der Waals surface area contributed by atoms with E-state index in [2.05, 4.69) is 20.3 Å². The molecule has 2 aromatic rings. The van der Waals surface area contributed by atoms with E-state index in [9.17, 15) is 9.59 Å². The number of amides is 2. The van der Waals surface area contributed by atoms with Gasteiger partial charge in [-0.2, -0.15) is 0 Å². The lowest BCUT2D eigenvalue weighted by atomic mass is 9.99. The van der Waals surface area contributed by atoms with Crippen LogP contribution in [-0.2, 0) is 11.3 Å². The Bertz CT molecular complexity index is 849. The number of hydrogen-bond donors (Lipinski definition) is 1. The van der Waals surface area contributed by atoms with Crippen LogP contribution in [0.4, 0.5) is 5.95 Å². The molecule has 0 radical (unpaired) electrons. The number of rotatable bonds is 7. The van der Waals surface area contributed by atoms with Crippen molar-refractivity contribution in [2.24, 2.45) is 0 Å². The van der Waals surface area contributed by atoms with Gasteiger partial charge < -0.3 is 19.7 Å². The second kappa shape index (κ2) is 9.02. The predicted octanol–water partition coefficient (Wildman–Crippen LogP) is 1.28. The number of nitrogens with one attached hydrogen (secondary N) is 1. The van der Waals surface area contributed by atoms with Crippen LogP contribution in [0, 0.1) is 0 Å². The van der Waals surface area contributed by atoms with E-state index >= 15 is 0 Å². The molecule has 1 unspecified atom stereocenters. The number of imidazole rings is 1. The fraction of sp³-hybridized carbons (Fsp3) is 0.550. The zero-order valence-corrected chi connectivity index (χ0v) is 17.5. The first-order chi connectivity index (χ1) is 13.8. The van der Waals surface area contributed by atoms with Gasteiger partial charge in [0.25, 0.3) is 5.91 Å². The lowest BCUT2D eigenvalue weighted by Crippen LogP contribution is -2.32. The molecule has 2 aromatic heterocycles. The van der Waals surface area contributed by atoms with Gasteiger partial charge in [-0.15, -0.1) is 0 Å². The van der Waals surface area contributed by atoms with E-state index in [4.69, 9.17) is 0 Å². The van der Waals surface area contributed by atoms with Crippen LogP contribution in [-0.4, -0.2) is 69.5 Å². The van der Waals surface area contributed by atoms with E-state index < -0.39 is 0 Å². The van der Waals surface area contributed by atoms with Gasteiger partial charge in [-0.3, -0.25) is 9.59 Å². The number of nitrogens with zero attached hydrogens (tertiary/aromatic N) is 6. The Morgan fingerprint density at radius 2 is 2.14 bits per heavy atom. The summed E-state index contributed by atoms with van der Waals surface area (Å²) in [5, 5.41) is 2.92. The second-order valence-electron chi connectivity index (χ2n) is 7.87. The van der Waals surface area contributed by atoms with E-state index in [1.54, 1.807) is 18.7 Å². The van der Waals surface area contributed by atoms with Gasteiger partial charge in [-0.1, -0.05) is 0 Å². The summed E-state index contributed by atoms with van der Waals surface area (Å²) in [6, 6.07) is 0.0219. The molecular weight excluding hydrogens is 370 g/mol. The average Bonchev–Trinajstić information content (AvgIpc) is 3.37. The Morgan fingerprint density at radius 3 is 2.79 bits per heavy atom. The molecule has 1 saturated heterocycles. The molecule has 3 rings (SSSR count). The molecule has 156 valence electrons. The SMILES string of the molecule is CC(C)NC(=O)c1cnc(N(C)C)nc1C1CCN(C(=O)CCn2ccnc2)C1. The zero-order valence-electron chi connectivity index (χ0n) is 17.5. The van der Waals surface area contributed by atoms with Crippen LogP contribution in [0.15, 0.2) is 24.9 Å². The van der Waals surface area contributed by atoms with Gasteiger partial charge in [0.15, 0.2) is 0 Å². The minimum Gasteiger partial charge on any atom is -0.350 e. The van der Waals surface area contributed by atoms with Gasteiger partial charge in [0.05, 0.1) is 17.6 Å². The molecule has 1 atom stereocenters. The van der Waals surface area contributed by atoms with E-state index in [1.165, 1.54) is 0 Å². The third-order valence-corrected chi connectivity index (χ3v) is 4.94. The quantitative estimate of drug-likeness (QED) is 0.754. The molecule has 0 aromatic carbocycles. The van der Waals surface area contributed by atoms with Crippen molar-refractivity contribution in [2.45, 2.75) is 45.2 Å². The normalized spacial score (nSPS) is 16.3. The number of aryl methyl sites for hydroxylation is 1. The first kappa shape index (κ1) is 20.8. The number of anilines is 1. The Balaban J connectivity index is 1.74. The summed E-state index contributed by atoms with van der Waals surface area (Å²) in [6.07, 6.45) is 8.07. The third-order valence-electron chi connectivity index (χ3n) is 4.94. The van der Waals surface area contributed by atoms with Crippen molar-refractivity contribution in [1.29, 1.82) is 0 Å². The van der Waals surface area contributed by atoms with Gasteiger partial charge in [0.2, 0.25) is 11.9 Å². The molecule has 0 bridgehead atoms. The monoisotopic (exact) mass is 399 g/mol. The van der Waals surface area contributed by atoms with Crippen molar-refractivity contribution >= 4 is 17.8 Å². The summed E-state index contributed by atoms with van der Waals surface area (Å²) in [5.74, 6) is 0.509. The summed E-state index contributed by atoms with van der Waals surface area (Å²) in [5.41, 5.74) is 1.20. The highest BCUT2D eigenvalue weighted by atomic mass is 16.2. The molecule has 1 aliphatic heterocycles. The van der Waals surface area contributed by atoms with Crippen LogP contribution < -0.4 is 10.2 Å². The van der Waals surface area contributed by atoms with Crippen molar-refractivity contribution < 1.29 is 9.59 Å². The molecule has 29 heavy (non-hydrogen) atoms. The molecular formula is C20H29N7O2. The topological polar surface area (TPSA) is 96.3 Å². The number of likely N-dealkylation sites (tertiary alicyclic amines) is 1. The molecule has 2 amide bonds. The average molecular weight is 399 g/mol. The van der Waals surface area contributed by atoms with Gasteiger partial charge in [0.1, 0.15) is 0 Å². The summed E-state index contributed by atoms with van der Waals surface area (Å²) < 4.78 is 1.90. The molecule has 0 aliphatic carbocycles. The minimum absolute atomic E-state index is 0.0156. The van der Waals surface area contributed by atoms with E-state index in [1.807, 2.05) is 48.5 Å². The maximum Gasteiger partial charge on any atom is 0.254 e. The fourth-order valence-electron chi connectivity index (χ4n) is 3.44. The van der Waals surface area contributed by atoms with Crippen LogP contribution in [0.25, 0.3) is 0 Å². The molecule has 1 fully saturated rings. The Labute approximate surface area is 171 Å². The van der Waals surface area contributed by atoms with Gasteiger partial charge in [-0.05, 0) is 20.3 Å². The largest absolute Gasteiger partial charge is 0.350 e. The summed E-state index contributed by atoms with van der Waals surface area (Å²) in [4.78, 5) is 42.0. The lowest BCUT2D eigenvalue weighted by Gasteiger charge is -2.20. The maximum atomic E-state index is 12.7. The Hall–Kier alpha value is -2.97. The van der Waals surface area contributed by atoms with Crippen molar-refractivity contribution in [3.05, 3.63) is 36.2 Å². The second-order valence-corrected chi connectivity index (χ2v) is 7.87. The molecule has 0 saturated carbocycles. The highest BCUT2D eigenvalue weighted by molar-refractivity contribution is 5.95. The van der Waals surface area contributed by atoms with Gasteiger partial charge in [0, 0.05) is 70.7 Å². The van der Waals surface area contributed by atoms with Crippen molar-refractivity contribution in [3.63, 3.8) is 0 Å². The van der Waals surface area contributed by atoms with Crippen LogP contribution in [0.1, 0.15) is 48.7 Å². The summed E-state index contributed by atoms with van der Waals surface area (Å²) in [7, 11) is 3.74. The van der Waals surface area contributed by atoms with Crippen LogP contribution in [0.3, 0.4) is 0 Å². The molecule has 3 heterocycles. The highest BCUT2D eigenvalue weighted by Crippen LogP contribution is 2.29. The number of carbonyl (C=O) groups excluding carboxylic acids is 2. The van der Waals surface area contributed by atoms with Gasteiger partial charge in [-0.25, -0.2) is 15.0 Å². The smallest absolute Gasteiger partial charge is 0.254 e. The molecule has 1 N–H and O–H groups in total. The van der Waals surface area contributed by atoms with Gasteiger partial charge >= 0.3 is 0 Å². The Morgan fingerprint density at radius 1 is 1.34 bits per heavy atom. The molecule has 9 heteroatoms. The number of aromatic nitrogens is 4. The minimum atomic E-state index is -0.176. The van der Waals surface area contributed by atoms with Crippen molar-refractivity contribution in [1.82, 2.24) is 29.7 Å². The first-order valence-electron chi connectivity index (χ1n) is 9.93. The molecule has 0 spiro atoms. The van der Waals surface area contributed by atoms with E-state index in [-0.39, 0.29) is 23.8 Å². The van der Waals surface area contributed by atoms with Crippen LogP contribution in [0.5, 0.6) is 0 Å². The summed E-state index contributed by atoms with van der Waals surface area (Å²) in [6.45, 7) is 5.68. The Kier molecular flexibility index (Phi) is 6.46. The van der Waals surface area contributed by atoms with E-state index in [0.29, 0.717) is 43.3 Å². The maximum absolute atomic E-state index is 12.7. The van der Waals surface area contributed by atoms with Crippen LogP contribution in [0.2, 0.25) is 0 Å². The zero-order chi connectivity index (χ0) is 21.0. The lowest BCUT2D eigenvalue weighted by molar-refractivity contribution is -0.130. The van der Waals surface area contributed by atoms with Crippen LogP contribution >= 0.6 is 0 Å². The molecule has 9 nitrogen and oxygen atoms in total. The van der Waals surface area contributed by atoms with Crippen molar-refractivity contribution in [3.8, 4) is 0 Å². The van der Waals surface area contributed by atoms with E-state index in [0.717, 1.165) is 6.42 Å². The number of hydrogen-bond acceptors (Lipinski definition) is 6. The van der Waals surface area contributed by atoms with Crippen molar-refractivity contribution in [2.75, 3.05) is 32.1 Å². The highest BCUT2D eigenvalue weighted by Gasteiger charge is 2.31. The fourth-order valence-corrected chi connectivity index (χ4v) is 3.44. The molecule has 1 aliphatic rings. The summed E-state index contributed by atoms with van der Waals surface area (Å²) >= 11 is 0.